The SMILES string of the molecule is Cc1cc(O)cc(F)c1C(=O)N(C)C. The van der Waals surface area contributed by atoms with Gasteiger partial charge < -0.3 is 10.0 Å². The normalized spacial score (nSPS) is 10.0. The van der Waals surface area contributed by atoms with Gasteiger partial charge in [0.25, 0.3) is 5.91 Å². The van der Waals surface area contributed by atoms with E-state index in [9.17, 15) is 9.18 Å². The molecule has 0 spiro atoms. The van der Waals surface area contributed by atoms with Crippen molar-refractivity contribution in [3.8, 4) is 5.75 Å². The van der Waals surface area contributed by atoms with E-state index in [0.29, 0.717) is 5.56 Å². The van der Waals surface area contributed by atoms with Crippen LogP contribution in [0.1, 0.15) is 15.9 Å². The monoisotopic (exact) mass is 197 g/mol. The van der Waals surface area contributed by atoms with E-state index in [-0.39, 0.29) is 11.3 Å². The highest BCUT2D eigenvalue weighted by atomic mass is 19.1. The van der Waals surface area contributed by atoms with E-state index in [4.69, 9.17) is 5.11 Å². The maximum atomic E-state index is 13.3. The predicted molar refractivity (Wildman–Crippen MR) is 50.8 cm³/mol. The minimum atomic E-state index is -0.693. The second kappa shape index (κ2) is 3.65. The summed E-state index contributed by atoms with van der Waals surface area (Å²) in [5, 5.41) is 9.07. The molecule has 0 radical (unpaired) electrons. The number of nitrogens with zero attached hydrogens (tertiary/aromatic N) is 1. The Hall–Kier alpha value is -1.58. The van der Waals surface area contributed by atoms with Crippen molar-refractivity contribution in [2.45, 2.75) is 6.92 Å². The number of rotatable bonds is 1. The molecule has 0 fully saturated rings. The Morgan fingerprint density at radius 3 is 2.43 bits per heavy atom. The number of phenolic OH excluding ortho intramolecular Hbond substituents is 1. The minimum Gasteiger partial charge on any atom is -0.508 e. The standard InChI is InChI=1S/C10H12FNO2/c1-6-4-7(13)5-8(11)9(6)10(14)12(2)3/h4-5,13H,1-3H3. The molecule has 3 nitrogen and oxygen atoms in total. The largest absolute Gasteiger partial charge is 0.508 e. The van der Waals surface area contributed by atoms with Gasteiger partial charge >= 0.3 is 0 Å². The molecule has 0 unspecified atom stereocenters. The van der Waals surface area contributed by atoms with Gasteiger partial charge in [0.1, 0.15) is 11.6 Å². The maximum absolute atomic E-state index is 13.3. The van der Waals surface area contributed by atoms with Gasteiger partial charge in [-0.2, -0.15) is 0 Å². The zero-order chi connectivity index (χ0) is 10.9. The first-order chi connectivity index (χ1) is 6.43. The fourth-order valence-corrected chi connectivity index (χ4v) is 1.22. The molecule has 1 aromatic carbocycles. The summed E-state index contributed by atoms with van der Waals surface area (Å²) >= 11 is 0. The molecule has 1 aromatic rings. The Balaban J connectivity index is 3.28. The molecular formula is C10H12FNO2. The summed E-state index contributed by atoms with van der Waals surface area (Å²) in [7, 11) is 3.10. The van der Waals surface area contributed by atoms with Crippen LogP contribution in [0.2, 0.25) is 0 Å². The van der Waals surface area contributed by atoms with Gasteiger partial charge in [0, 0.05) is 20.2 Å². The number of phenols is 1. The molecular weight excluding hydrogens is 185 g/mol. The first kappa shape index (κ1) is 10.5. The lowest BCUT2D eigenvalue weighted by atomic mass is 10.1. The third kappa shape index (κ3) is 1.84. The van der Waals surface area contributed by atoms with Crippen molar-refractivity contribution >= 4 is 5.91 Å². The molecule has 0 aliphatic heterocycles. The number of hydrogen-bond donors (Lipinski definition) is 1. The Morgan fingerprint density at radius 2 is 2.00 bits per heavy atom. The molecule has 0 saturated carbocycles. The predicted octanol–water partition coefficient (Wildman–Crippen LogP) is 1.54. The third-order valence-electron chi connectivity index (χ3n) is 1.89. The molecule has 0 aliphatic rings. The molecule has 1 amide bonds. The summed E-state index contributed by atoms with van der Waals surface area (Å²) < 4.78 is 13.3. The summed E-state index contributed by atoms with van der Waals surface area (Å²) in [6, 6.07) is 2.30. The number of aryl methyl sites for hydroxylation is 1. The molecule has 76 valence electrons. The molecule has 14 heavy (non-hydrogen) atoms. The van der Waals surface area contributed by atoms with Crippen LogP contribution in [-0.4, -0.2) is 30.0 Å². The van der Waals surface area contributed by atoms with Crippen LogP contribution in [0.5, 0.6) is 5.75 Å². The van der Waals surface area contributed by atoms with Crippen LogP contribution in [0.3, 0.4) is 0 Å². The fraction of sp³-hybridized carbons (Fsp3) is 0.300. The summed E-state index contributed by atoms with van der Waals surface area (Å²) in [6.07, 6.45) is 0. The molecule has 0 aromatic heterocycles. The van der Waals surface area contributed by atoms with Gasteiger partial charge in [0.2, 0.25) is 0 Å². The first-order valence-electron chi connectivity index (χ1n) is 4.14. The molecule has 1 rings (SSSR count). The smallest absolute Gasteiger partial charge is 0.256 e. The van der Waals surface area contributed by atoms with Gasteiger partial charge in [-0.15, -0.1) is 0 Å². The molecule has 0 atom stereocenters. The van der Waals surface area contributed by atoms with Crippen LogP contribution in [0.15, 0.2) is 12.1 Å². The lowest BCUT2D eigenvalue weighted by molar-refractivity contribution is 0.0822. The summed E-state index contributed by atoms with van der Waals surface area (Å²) in [5.41, 5.74) is 0.439. The van der Waals surface area contributed by atoms with Crippen LogP contribution >= 0.6 is 0 Å². The van der Waals surface area contributed by atoms with Crippen LogP contribution in [-0.2, 0) is 0 Å². The van der Waals surface area contributed by atoms with E-state index in [0.717, 1.165) is 6.07 Å². The van der Waals surface area contributed by atoms with E-state index < -0.39 is 11.7 Å². The number of halogens is 1. The Kier molecular flexibility index (Phi) is 2.74. The third-order valence-corrected chi connectivity index (χ3v) is 1.89. The second-order valence-electron chi connectivity index (χ2n) is 3.32. The van der Waals surface area contributed by atoms with Gasteiger partial charge in [-0.05, 0) is 18.6 Å². The number of hydrogen-bond acceptors (Lipinski definition) is 2. The second-order valence-corrected chi connectivity index (χ2v) is 3.32. The topological polar surface area (TPSA) is 40.5 Å². The summed E-state index contributed by atoms with van der Waals surface area (Å²) in [5.74, 6) is -1.27. The van der Waals surface area contributed by atoms with Crippen molar-refractivity contribution in [3.63, 3.8) is 0 Å². The van der Waals surface area contributed by atoms with E-state index in [2.05, 4.69) is 0 Å². The van der Waals surface area contributed by atoms with Gasteiger partial charge in [-0.3, -0.25) is 4.79 Å². The lowest BCUT2D eigenvalue weighted by Crippen LogP contribution is -2.23. The zero-order valence-electron chi connectivity index (χ0n) is 8.34. The van der Waals surface area contributed by atoms with E-state index >= 15 is 0 Å². The highest BCUT2D eigenvalue weighted by Crippen LogP contribution is 2.20. The maximum Gasteiger partial charge on any atom is 0.256 e. The lowest BCUT2D eigenvalue weighted by Gasteiger charge is -2.13. The Bertz CT molecular complexity index is 351. The fourth-order valence-electron chi connectivity index (χ4n) is 1.22. The van der Waals surface area contributed by atoms with Crippen molar-refractivity contribution in [2.24, 2.45) is 0 Å². The van der Waals surface area contributed by atoms with Gasteiger partial charge in [-0.1, -0.05) is 0 Å². The highest BCUT2D eigenvalue weighted by molar-refractivity contribution is 5.95. The van der Waals surface area contributed by atoms with E-state index in [1.54, 1.807) is 21.0 Å². The van der Waals surface area contributed by atoms with Crippen molar-refractivity contribution in [2.75, 3.05) is 14.1 Å². The van der Waals surface area contributed by atoms with E-state index in [1.165, 1.54) is 11.0 Å². The van der Waals surface area contributed by atoms with E-state index in [1.807, 2.05) is 0 Å². The molecule has 0 heterocycles. The van der Waals surface area contributed by atoms with Crippen LogP contribution in [0.25, 0.3) is 0 Å². The molecule has 0 aliphatic carbocycles. The van der Waals surface area contributed by atoms with Crippen molar-refractivity contribution in [1.29, 1.82) is 0 Å². The van der Waals surface area contributed by atoms with Gasteiger partial charge in [-0.25, -0.2) is 4.39 Å². The molecule has 0 bridgehead atoms. The van der Waals surface area contributed by atoms with Crippen LogP contribution in [0.4, 0.5) is 4.39 Å². The van der Waals surface area contributed by atoms with Crippen LogP contribution in [0, 0.1) is 12.7 Å². The molecule has 0 saturated heterocycles. The Labute approximate surface area is 81.8 Å². The average molecular weight is 197 g/mol. The van der Waals surface area contributed by atoms with Gasteiger partial charge in [0.05, 0.1) is 5.56 Å². The number of carbonyl (C=O) groups excluding carboxylic acids is 1. The highest BCUT2D eigenvalue weighted by Gasteiger charge is 2.17. The minimum absolute atomic E-state index is 0.00722. The van der Waals surface area contributed by atoms with Crippen LogP contribution < -0.4 is 0 Å². The Morgan fingerprint density at radius 1 is 1.43 bits per heavy atom. The molecule has 4 heteroatoms. The number of amides is 1. The molecule has 1 N–H and O–H groups in total. The zero-order valence-corrected chi connectivity index (χ0v) is 8.34. The number of carbonyl (C=O) groups is 1. The summed E-state index contributed by atoms with van der Waals surface area (Å²) in [4.78, 5) is 12.8. The van der Waals surface area contributed by atoms with Gasteiger partial charge in [0.15, 0.2) is 0 Å². The van der Waals surface area contributed by atoms with Crippen molar-refractivity contribution in [3.05, 3.63) is 29.1 Å². The first-order valence-corrected chi connectivity index (χ1v) is 4.14. The number of aromatic hydroxyl groups is 1. The van der Waals surface area contributed by atoms with Crippen molar-refractivity contribution < 1.29 is 14.3 Å². The number of benzene rings is 1. The summed E-state index contributed by atoms with van der Waals surface area (Å²) in [6.45, 7) is 1.58. The van der Waals surface area contributed by atoms with Crippen molar-refractivity contribution in [1.82, 2.24) is 4.90 Å². The quantitative estimate of drug-likeness (QED) is 0.741. The average Bonchev–Trinajstić information content (AvgIpc) is 2.01.